The molecule has 0 aliphatic carbocycles. The maximum Gasteiger partial charge on any atom is 0.271 e. The number of rotatable bonds is 7. The Morgan fingerprint density at radius 1 is 1.14 bits per heavy atom. The molecule has 0 unspecified atom stereocenters. The third-order valence-electron chi connectivity index (χ3n) is 3.88. The second kappa shape index (κ2) is 9.52. The zero-order chi connectivity index (χ0) is 19.9. The number of carbonyl (C=O) groups excluding carboxylic acids is 2. The van der Waals surface area contributed by atoms with Gasteiger partial charge in [0.25, 0.3) is 5.91 Å². The van der Waals surface area contributed by atoms with Gasteiger partial charge >= 0.3 is 0 Å². The maximum atomic E-state index is 12.3. The van der Waals surface area contributed by atoms with E-state index in [2.05, 4.69) is 20.6 Å². The average molecular weight is 415 g/mol. The molecule has 0 aliphatic rings. The van der Waals surface area contributed by atoms with E-state index in [4.69, 9.17) is 11.6 Å². The lowest BCUT2D eigenvalue weighted by Crippen LogP contribution is -2.28. The van der Waals surface area contributed by atoms with Gasteiger partial charge in [0.2, 0.25) is 5.91 Å². The molecule has 1 aromatic heterocycles. The van der Waals surface area contributed by atoms with Crippen LogP contribution >= 0.6 is 23.4 Å². The Kier molecular flexibility index (Phi) is 6.84. The van der Waals surface area contributed by atoms with Gasteiger partial charge in [-0.25, -0.2) is 9.97 Å². The van der Waals surface area contributed by atoms with Crippen molar-refractivity contribution in [1.82, 2.24) is 15.3 Å². The van der Waals surface area contributed by atoms with E-state index in [0.29, 0.717) is 5.16 Å². The van der Waals surface area contributed by atoms with E-state index in [0.717, 1.165) is 22.2 Å². The zero-order valence-electron chi connectivity index (χ0n) is 15.2. The fraction of sp³-hybridized carbons (Fsp3) is 0.200. The second-order valence-electron chi connectivity index (χ2n) is 5.90. The van der Waals surface area contributed by atoms with Crippen molar-refractivity contribution in [3.05, 3.63) is 59.4 Å². The van der Waals surface area contributed by atoms with E-state index in [-0.39, 0.29) is 29.6 Å². The van der Waals surface area contributed by atoms with Gasteiger partial charge in [0.05, 0.1) is 11.2 Å². The fourth-order valence-electron chi connectivity index (χ4n) is 2.57. The van der Waals surface area contributed by atoms with Crippen molar-refractivity contribution in [2.24, 2.45) is 0 Å². The van der Waals surface area contributed by atoms with Crippen LogP contribution in [0.15, 0.2) is 53.8 Å². The molecule has 144 valence electrons. The monoisotopic (exact) mass is 414 g/mol. The summed E-state index contributed by atoms with van der Waals surface area (Å²) >= 11 is 7.43. The minimum absolute atomic E-state index is 0.113. The normalized spacial score (nSPS) is 10.6. The summed E-state index contributed by atoms with van der Waals surface area (Å²) in [5, 5.41) is 8.34. The third kappa shape index (κ3) is 5.21. The molecule has 28 heavy (non-hydrogen) atoms. The number of aromatic nitrogens is 2. The van der Waals surface area contributed by atoms with Crippen molar-refractivity contribution >= 4 is 51.6 Å². The quantitative estimate of drug-likeness (QED) is 0.448. The molecule has 0 bridgehead atoms. The number of nitrogens with one attached hydrogen (secondary N) is 2. The Balaban J connectivity index is 1.53. The van der Waals surface area contributed by atoms with Crippen LogP contribution < -0.4 is 10.6 Å². The van der Waals surface area contributed by atoms with E-state index in [1.54, 1.807) is 0 Å². The van der Waals surface area contributed by atoms with Crippen LogP contribution in [0.3, 0.4) is 0 Å². The number of carbonyl (C=O) groups is 2. The summed E-state index contributed by atoms with van der Waals surface area (Å²) in [7, 11) is 0. The van der Waals surface area contributed by atoms with Crippen LogP contribution in [-0.2, 0) is 4.79 Å². The molecule has 1 heterocycles. The molecule has 0 saturated carbocycles. The summed E-state index contributed by atoms with van der Waals surface area (Å²) in [5.41, 5.74) is 0.831. The van der Waals surface area contributed by atoms with Gasteiger partial charge in [-0.15, -0.1) is 0 Å². The lowest BCUT2D eigenvalue weighted by molar-refractivity contribution is -0.116. The Bertz CT molecular complexity index is 1010. The first kappa shape index (κ1) is 20.1. The summed E-state index contributed by atoms with van der Waals surface area (Å²) in [5.74, 6) is 0.174. The molecule has 6 nitrogen and oxygen atoms in total. The molecule has 0 aliphatic heterocycles. The molecular weight excluding hydrogens is 396 g/mol. The van der Waals surface area contributed by atoms with Gasteiger partial charge in [0, 0.05) is 18.7 Å². The molecule has 3 aromatic rings. The van der Waals surface area contributed by atoms with Crippen LogP contribution in [0.4, 0.5) is 5.69 Å². The van der Waals surface area contributed by atoms with Gasteiger partial charge in [-0.1, -0.05) is 60.6 Å². The molecule has 0 spiro atoms. The van der Waals surface area contributed by atoms with Gasteiger partial charge in [-0.2, -0.15) is 0 Å². The number of anilines is 1. The van der Waals surface area contributed by atoms with E-state index in [9.17, 15) is 9.59 Å². The molecule has 2 N–H and O–H groups in total. The van der Waals surface area contributed by atoms with E-state index < -0.39 is 5.91 Å². The number of hydrogen-bond acceptors (Lipinski definition) is 5. The summed E-state index contributed by atoms with van der Waals surface area (Å²) in [4.78, 5) is 32.7. The number of thioether (sulfide) groups is 1. The smallest absolute Gasteiger partial charge is 0.271 e. The number of nitrogens with zero attached hydrogens (tertiary/aromatic N) is 2. The first-order valence-corrected chi connectivity index (χ1v) is 10.2. The summed E-state index contributed by atoms with van der Waals surface area (Å²) in [6, 6.07) is 13.6. The highest BCUT2D eigenvalue weighted by Crippen LogP contribution is 2.19. The summed E-state index contributed by atoms with van der Waals surface area (Å²) < 4.78 is 0. The highest BCUT2D eigenvalue weighted by Gasteiger charge is 2.14. The van der Waals surface area contributed by atoms with E-state index >= 15 is 0 Å². The lowest BCUT2D eigenvalue weighted by Gasteiger charge is -2.08. The van der Waals surface area contributed by atoms with Crippen LogP contribution in [0.5, 0.6) is 0 Å². The predicted molar refractivity (Wildman–Crippen MR) is 113 cm³/mol. The summed E-state index contributed by atoms with van der Waals surface area (Å²) in [6.07, 6.45) is 1.55. The zero-order valence-corrected chi connectivity index (χ0v) is 16.8. The maximum absolute atomic E-state index is 12.3. The topological polar surface area (TPSA) is 84.0 Å². The van der Waals surface area contributed by atoms with E-state index in [1.807, 2.05) is 49.4 Å². The Labute approximate surface area is 172 Å². The van der Waals surface area contributed by atoms with Crippen LogP contribution in [0.2, 0.25) is 5.02 Å². The average Bonchev–Trinajstić information content (AvgIpc) is 2.69. The third-order valence-corrected chi connectivity index (χ3v) is 4.90. The van der Waals surface area contributed by atoms with Crippen molar-refractivity contribution in [3.63, 3.8) is 0 Å². The largest absolute Gasteiger partial charge is 0.350 e. The number of fused-ring (bicyclic) bond motifs is 1. The predicted octanol–water partition coefficient (Wildman–Crippen LogP) is 4.15. The number of benzene rings is 2. The van der Waals surface area contributed by atoms with Crippen molar-refractivity contribution in [3.8, 4) is 0 Å². The fourth-order valence-corrected chi connectivity index (χ4v) is 3.29. The van der Waals surface area contributed by atoms with Gasteiger partial charge in [-0.05, 0) is 28.7 Å². The first-order chi connectivity index (χ1) is 13.6. The lowest BCUT2D eigenvalue weighted by atomic mass is 10.1. The second-order valence-corrected chi connectivity index (χ2v) is 7.54. The van der Waals surface area contributed by atoms with Crippen molar-refractivity contribution < 1.29 is 9.59 Å². The molecular formula is C20H19ClN4O2S. The van der Waals surface area contributed by atoms with Gasteiger partial charge in [-0.3, -0.25) is 9.59 Å². The number of halogens is 1. The SMILES string of the molecule is CCSc1ncc(Cl)c(C(=O)NCCC(=O)Nc2ccc3ccccc3c2)n1. The molecule has 2 aromatic carbocycles. The first-order valence-electron chi connectivity index (χ1n) is 8.79. The Morgan fingerprint density at radius 3 is 2.71 bits per heavy atom. The minimum Gasteiger partial charge on any atom is -0.350 e. The molecule has 2 amide bonds. The standard InChI is InChI=1S/C20H19ClN4O2S/c1-2-28-20-23-12-16(21)18(25-20)19(27)22-10-9-17(26)24-15-8-7-13-5-3-4-6-14(13)11-15/h3-8,11-12H,2,9-10H2,1H3,(H,22,27)(H,24,26). The molecule has 0 atom stereocenters. The van der Waals surface area contributed by atoms with Crippen LogP contribution in [0, 0.1) is 0 Å². The summed E-state index contributed by atoms with van der Waals surface area (Å²) in [6.45, 7) is 2.14. The van der Waals surface area contributed by atoms with Crippen LogP contribution in [0.25, 0.3) is 10.8 Å². The van der Waals surface area contributed by atoms with E-state index in [1.165, 1.54) is 18.0 Å². The Morgan fingerprint density at radius 2 is 1.93 bits per heavy atom. The van der Waals surface area contributed by atoms with Crippen LogP contribution in [0.1, 0.15) is 23.8 Å². The van der Waals surface area contributed by atoms with Gasteiger partial charge in [0.1, 0.15) is 0 Å². The van der Waals surface area contributed by atoms with Gasteiger partial charge in [0.15, 0.2) is 10.9 Å². The van der Waals surface area contributed by atoms with Crippen molar-refractivity contribution in [1.29, 1.82) is 0 Å². The van der Waals surface area contributed by atoms with Crippen molar-refractivity contribution in [2.45, 2.75) is 18.5 Å². The van der Waals surface area contributed by atoms with Crippen LogP contribution in [-0.4, -0.2) is 34.1 Å². The Hall–Kier alpha value is -2.64. The van der Waals surface area contributed by atoms with Crippen molar-refractivity contribution in [2.75, 3.05) is 17.6 Å². The molecule has 8 heteroatoms. The molecule has 3 rings (SSSR count). The minimum atomic E-state index is -0.427. The molecule has 0 radical (unpaired) electrons. The molecule has 0 fully saturated rings. The number of hydrogen-bond donors (Lipinski definition) is 2. The number of amides is 2. The van der Waals surface area contributed by atoms with Gasteiger partial charge < -0.3 is 10.6 Å². The highest BCUT2D eigenvalue weighted by molar-refractivity contribution is 7.99. The molecule has 0 saturated heterocycles. The highest BCUT2D eigenvalue weighted by atomic mass is 35.5.